The third-order valence-electron chi connectivity index (χ3n) is 5.72. The van der Waals surface area contributed by atoms with Gasteiger partial charge in [0.05, 0.1) is 18.3 Å². The molecule has 1 aromatic carbocycles. The highest BCUT2D eigenvalue weighted by atomic mass is 16.7. The van der Waals surface area contributed by atoms with Gasteiger partial charge in [0.1, 0.15) is 5.75 Å². The maximum absolute atomic E-state index is 12.4. The number of carbonyl (C=O) groups is 1. The first kappa shape index (κ1) is 19.2. The third kappa shape index (κ3) is 3.37. The zero-order chi connectivity index (χ0) is 19.3. The SMILES string of the molecule is COc1cc2c(cc1B1OC(C)(C)C(C)(C)O1)CN(C(=O)CC(C)C)C2. The number of amides is 1. The lowest BCUT2D eigenvalue weighted by Gasteiger charge is -2.32. The van der Waals surface area contributed by atoms with Gasteiger partial charge >= 0.3 is 7.12 Å². The molecule has 0 atom stereocenters. The predicted octanol–water partition coefficient (Wildman–Crippen LogP) is 2.88. The first-order chi connectivity index (χ1) is 12.0. The molecule has 2 aliphatic rings. The molecule has 26 heavy (non-hydrogen) atoms. The van der Waals surface area contributed by atoms with Crippen LogP contribution in [0.4, 0.5) is 0 Å². The van der Waals surface area contributed by atoms with Crippen LogP contribution < -0.4 is 10.2 Å². The number of ether oxygens (including phenoxy) is 1. The summed E-state index contributed by atoms with van der Waals surface area (Å²) in [4.78, 5) is 14.4. The van der Waals surface area contributed by atoms with Crippen LogP contribution >= 0.6 is 0 Å². The van der Waals surface area contributed by atoms with Gasteiger partial charge in [-0.25, -0.2) is 0 Å². The first-order valence-corrected chi connectivity index (χ1v) is 9.37. The fourth-order valence-corrected chi connectivity index (χ4v) is 3.43. The quantitative estimate of drug-likeness (QED) is 0.776. The summed E-state index contributed by atoms with van der Waals surface area (Å²) in [5.41, 5.74) is 2.37. The minimum Gasteiger partial charge on any atom is -0.497 e. The van der Waals surface area contributed by atoms with Crippen molar-refractivity contribution in [2.24, 2.45) is 5.92 Å². The largest absolute Gasteiger partial charge is 0.498 e. The molecule has 5 nitrogen and oxygen atoms in total. The molecule has 0 saturated carbocycles. The molecule has 0 unspecified atom stereocenters. The molecule has 0 aliphatic carbocycles. The number of carbonyl (C=O) groups excluding carboxylic acids is 1. The van der Waals surface area contributed by atoms with Crippen molar-refractivity contribution in [2.45, 2.75) is 72.3 Å². The van der Waals surface area contributed by atoms with Crippen molar-refractivity contribution in [3.8, 4) is 5.75 Å². The number of nitrogens with zero attached hydrogens (tertiary/aromatic N) is 1. The first-order valence-electron chi connectivity index (χ1n) is 9.37. The van der Waals surface area contributed by atoms with Crippen molar-refractivity contribution >= 4 is 18.5 Å². The average molecular weight is 359 g/mol. The predicted molar refractivity (Wildman–Crippen MR) is 102 cm³/mol. The number of hydrogen-bond donors (Lipinski definition) is 0. The standard InChI is InChI=1S/C20H30BNO4/c1-13(2)8-18(23)22-11-14-9-16(17(24-7)10-15(14)12-22)21-25-19(3,4)20(5,6)26-21/h9-10,13H,8,11-12H2,1-7H3. The average Bonchev–Trinajstić information content (AvgIpc) is 3.03. The molecule has 2 heterocycles. The lowest BCUT2D eigenvalue weighted by atomic mass is 9.77. The summed E-state index contributed by atoms with van der Waals surface area (Å²) in [6.45, 7) is 13.6. The van der Waals surface area contributed by atoms with E-state index >= 15 is 0 Å². The normalized spacial score (nSPS) is 20.6. The van der Waals surface area contributed by atoms with Crippen LogP contribution in [-0.2, 0) is 27.2 Å². The molecule has 0 bridgehead atoms. The molecule has 0 radical (unpaired) electrons. The monoisotopic (exact) mass is 359 g/mol. The Morgan fingerprint density at radius 1 is 1.15 bits per heavy atom. The minimum atomic E-state index is -0.472. The Hall–Kier alpha value is -1.53. The Kier molecular flexibility index (Phi) is 4.86. The molecule has 2 aliphatic heterocycles. The summed E-state index contributed by atoms with van der Waals surface area (Å²) in [7, 11) is 1.19. The lowest BCUT2D eigenvalue weighted by Crippen LogP contribution is -2.41. The van der Waals surface area contributed by atoms with E-state index in [1.165, 1.54) is 0 Å². The number of methoxy groups -OCH3 is 1. The van der Waals surface area contributed by atoms with Gasteiger partial charge in [0, 0.05) is 25.0 Å². The molecule has 0 N–H and O–H groups in total. The van der Waals surface area contributed by atoms with Gasteiger partial charge in [0.25, 0.3) is 0 Å². The smallest absolute Gasteiger partial charge is 0.497 e. The highest BCUT2D eigenvalue weighted by Crippen LogP contribution is 2.38. The number of rotatable bonds is 4. The minimum absolute atomic E-state index is 0.201. The molecule has 3 rings (SSSR count). The van der Waals surface area contributed by atoms with E-state index in [1.54, 1.807) is 7.11 Å². The Labute approximate surface area is 157 Å². The Bertz CT molecular complexity index is 698. The van der Waals surface area contributed by atoms with E-state index in [-0.39, 0.29) is 5.91 Å². The summed E-state index contributed by atoms with van der Waals surface area (Å²) >= 11 is 0. The van der Waals surface area contributed by atoms with Gasteiger partial charge in [-0.3, -0.25) is 4.79 Å². The van der Waals surface area contributed by atoms with Gasteiger partial charge in [-0.1, -0.05) is 19.9 Å². The molecule has 1 saturated heterocycles. The molecule has 1 aromatic rings. The van der Waals surface area contributed by atoms with E-state index in [1.807, 2.05) is 38.7 Å². The summed E-state index contributed by atoms with van der Waals surface area (Å²) in [5, 5.41) is 0. The van der Waals surface area contributed by atoms with Gasteiger partial charge in [-0.2, -0.15) is 0 Å². The van der Waals surface area contributed by atoms with Crippen molar-refractivity contribution in [1.29, 1.82) is 0 Å². The van der Waals surface area contributed by atoms with E-state index in [0.717, 1.165) is 22.3 Å². The zero-order valence-corrected chi connectivity index (χ0v) is 17.0. The van der Waals surface area contributed by atoms with Crippen molar-refractivity contribution in [2.75, 3.05) is 7.11 Å². The van der Waals surface area contributed by atoms with Crippen LogP contribution in [-0.4, -0.2) is 36.2 Å². The lowest BCUT2D eigenvalue weighted by molar-refractivity contribution is -0.132. The Balaban J connectivity index is 1.87. The van der Waals surface area contributed by atoms with Crippen LogP contribution in [0.2, 0.25) is 0 Å². The summed E-state index contributed by atoms with van der Waals surface area (Å²) < 4.78 is 18.0. The number of fused-ring (bicyclic) bond motifs is 1. The number of hydrogen-bond acceptors (Lipinski definition) is 4. The van der Waals surface area contributed by atoms with Crippen molar-refractivity contribution < 1.29 is 18.8 Å². The summed E-state index contributed by atoms with van der Waals surface area (Å²) in [6, 6.07) is 4.11. The van der Waals surface area contributed by atoms with Crippen molar-refractivity contribution in [3.05, 3.63) is 23.3 Å². The van der Waals surface area contributed by atoms with Crippen LogP contribution in [0, 0.1) is 5.92 Å². The molecular weight excluding hydrogens is 329 g/mol. The second kappa shape index (κ2) is 6.57. The fraction of sp³-hybridized carbons (Fsp3) is 0.650. The van der Waals surface area contributed by atoms with Gasteiger partial charge in [0.15, 0.2) is 0 Å². The molecule has 142 valence electrons. The second-order valence-corrected chi connectivity index (χ2v) is 8.80. The van der Waals surface area contributed by atoms with Crippen LogP contribution in [0.1, 0.15) is 59.1 Å². The summed E-state index contributed by atoms with van der Waals surface area (Å²) in [6.07, 6.45) is 0.579. The maximum atomic E-state index is 12.4. The van der Waals surface area contributed by atoms with E-state index in [2.05, 4.69) is 19.9 Å². The zero-order valence-electron chi connectivity index (χ0n) is 17.0. The Morgan fingerprint density at radius 2 is 1.69 bits per heavy atom. The molecular formula is C20H30BNO4. The third-order valence-corrected chi connectivity index (χ3v) is 5.72. The van der Waals surface area contributed by atoms with E-state index in [9.17, 15) is 4.79 Å². The van der Waals surface area contributed by atoms with Crippen LogP contribution in [0.5, 0.6) is 5.75 Å². The van der Waals surface area contributed by atoms with E-state index in [4.69, 9.17) is 14.0 Å². The van der Waals surface area contributed by atoms with Crippen molar-refractivity contribution in [3.63, 3.8) is 0 Å². The molecule has 1 amide bonds. The van der Waals surface area contributed by atoms with Gasteiger partial charge in [-0.15, -0.1) is 0 Å². The molecule has 6 heteroatoms. The number of benzene rings is 1. The Morgan fingerprint density at radius 3 is 2.19 bits per heavy atom. The summed E-state index contributed by atoms with van der Waals surface area (Å²) in [5.74, 6) is 1.31. The molecule has 0 aromatic heterocycles. The van der Waals surface area contributed by atoms with Gasteiger partial charge in [0.2, 0.25) is 5.91 Å². The maximum Gasteiger partial charge on any atom is 0.498 e. The highest BCUT2D eigenvalue weighted by molar-refractivity contribution is 6.63. The van der Waals surface area contributed by atoms with E-state index in [0.29, 0.717) is 25.4 Å². The van der Waals surface area contributed by atoms with Gasteiger partial charge < -0.3 is 18.9 Å². The second-order valence-electron chi connectivity index (χ2n) is 8.80. The van der Waals surface area contributed by atoms with Crippen LogP contribution in [0.3, 0.4) is 0 Å². The fourth-order valence-electron chi connectivity index (χ4n) is 3.43. The van der Waals surface area contributed by atoms with Gasteiger partial charge in [-0.05, 0) is 50.8 Å². The molecule has 0 spiro atoms. The topological polar surface area (TPSA) is 48.0 Å². The van der Waals surface area contributed by atoms with Crippen LogP contribution in [0.25, 0.3) is 0 Å². The van der Waals surface area contributed by atoms with Crippen LogP contribution in [0.15, 0.2) is 12.1 Å². The van der Waals surface area contributed by atoms with Crippen molar-refractivity contribution in [1.82, 2.24) is 4.90 Å². The highest BCUT2D eigenvalue weighted by Gasteiger charge is 2.52. The van der Waals surface area contributed by atoms with E-state index < -0.39 is 18.3 Å². The molecule has 1 fully saturated rings.